The molecule has 5 aromatic rings. The number of rotatable bonds is 4. The van der Waals surface area contributed by atoms with E-state index in [-0.39, 0.29) is 18.0 Å². The van der Waals surface area contributed by atoms with Crippen LogP contribution in [-0.2, 0) is 11.3 Å². The van der Waals surface area contributed by atoms with Gasteiger partial charge < -0.3 is 5.32 Å². The van der Waals surface area contributed by atoms with Crippen LogP contribution in [0.15, 0.2) is 83.7 Å². The van der Waals surface area contributed by atoms with Gasteiger partial charge >= 0.3 is 0 Å². The van der Waals surface area contributed by atoms with E-state index in [0.29, 0.717) is 20.7 Å². The van der Waals surface area contributed by atoms with Crippen molar-refractivity contribution in [1.82, 2.24) is 8.97 Å². The number of hydrogen-bond donors (Lipinski definition) is 1. The van der Waals surface area contributed by atoms with Crippen molar-refractivity contribution in [2.45, 2.75) is 13.5 Å². The van der Waals surface area contributed by atoms with Crippen LogP contribution in [0.25, 0.3) is 27.0 Å². The van der Waals surface area contributed by atoms with Gasteiger partial charge in [-0.3, -0.25) is 18.6 Å². The van der Waals surface area contributed by atoms with Crippen molar-refractivity contribution in [1.29, 1.82) is 0 Å². The largest absolute Gasteiger partial charge is 0.325 e. The molecular weight excluding hydrogens is 438 g/mol. The summed E-state index contributed by atoms with van der Waals surface area (Å²) in [4.78, 5) is 27.4. The van der Waals surface area contributed by atoms with E-state index in [0.717, 1.165) is 21.5 Å². The molecule has 0 bridgehead atoms. The second-order valence-electron chi connectivity index (χ2n) is 7.55. The molecule has 2 aromatic heterocycles. The zero-order valence-corrected chi connectivity index (χ0v) is 18.9. The maximum atomic E-state index is 13.5. The number of benzene rings is 3. The van der Waals surface area contributed by atoms with Crippen LogP contribution in [0, 0.1) is 10.9 Å². The number of nitrogens with zero attached hydrogens (tertiary/aromatic N) is 2. The first-order valence-corrected chi connectivity index (χ1v) is 11.3. The Morgan fingerprint density at radius 3 is 2.53 bits per heavy atom. The molecule has 5 rings (SSSR count). The third-order valence-corrected chi connectivity index (χ3v) is 6.71. The van der Waals surface area contributed by atoms with Crippen LogP contribution in [0.3, 0.4) is 0 Å². The van der Waals surface area contributed by atoms with Gasteiger partial charge in [0.05, 0.1) is 15.8 Å². The number of para-hydroxylation sites is 1. The Bertz CT molecular complexity index is 1600. The number of amides is 1. The first kappa shape index (κ1) is 20.4. The number of fused-ring (bicyclic) bond motifs is 3. The molecule has 0 aliphatic rings. The summed E-state index contributed by atoms with van der Waals surface area (Å²) in [5.41, 5.74) is 3.85. The van der Waals surface area contributed by atoms with Crippen LogP contribution in [0.1, 0.15) is 5.56 Å². The zero-order valence-electron chi connectivity index (χ0n) is 17.2. The fourth-order valence-corrected chi connectivity index (χ4v) is 5.34. The summed E-state index contributed by atoms with van der Waals surface area (Å²) in [5.74, 6) is -0.272. The predicted molar refractivity (Wildman–Crippen MR) is 133 cm³/mol. The number of aryl methyl sites for hydroxylation is 1. The number of thiazole rings is 1. The van der Waals surface area contributed by atoms with E-state index in [4.69, 9.17) is 12.2 Å². The third-order valence-electron chi connectivity index (χ3n) is 5.30. The smallest absolute Gasteiger partial charge is 0.262 e. The first-order valence-electron chi connectivity index (χ1n) is 10.1. The lowest BCUT2D eigenvalue weighted by Gasteiger charge is -2.13. The van der Waals surface area contributed by atoms with E-state index in [2.05, 4.69) is 5.32 Å². The molecule has 0 unspecified atom stereocenters. The van der Waals surface area contributed by atoms with E-state index >= 15 is 0 Å². The first-order chi connectivity index (χ1) is 15.5. The van der Waals surface area contributed by atoms with Crippen molar-refractivity contribution < 1.29 is 4.79 Å². The Kier molecular flexibility index (Phi) is 5.20. The van der Waals surface area contributed by atoms with Crippen molar-refractivity contribution in [3.8, 4) is 10.4 Å². The van der Waals surface area contributed by atoms with Crippen molar-refractivity contribution in [2.75, 3.05) is 5.32 Å². The second-order valence-corrected chi connectivity index (χ2v) is 9.19. The summed E-state index contributed by atoms with van der Waals surface area (Å²) < 4.78 is 4.06. The van der Waals surface area contributed by atoms with Gasteiger partial charge in [0.15, 0.2) is 3.95 Å². The standard InChI is InChI=1S/C25H19N3O2S2/c1-16-8-7-11-18(14-16)26-21(29)15-27-23-22(17-9-3-2-4-10-17)32-25(31)28(23)20-13-6-5-12-19(20)24(27)30/h2-14H,15H2,1H3,(H,26,29). The van der Waals surface area contributed by atoms with Gasteiger partial charge in [-0.15, -0.1) is 11.3 Å². The molecule has 5 nitrogen and oxygen atoms in total. The molecule has 0 radical (unpaired) electrons. The maximum Gasteiger partial charge on any atom is 0.262 e. The van der Waals surface area contributed by atoms with E-state index in [1.165, 1.54) is 15.9 Å². The Hall–Kier alpha value is -3.55. The zero-order chi connectivity index (χ0) is 22.2. The molecule has 0 aliphatic heterocycles. The molecule has 1 N–H and O–H groups in total. The molecule has 158 valence electrons. The highest BCUT2D eigenvalue weighted by atomic mass is 32.1. The number of anilines is 1. The SMILES string of the molecule is Cc1cccc(NC(=O)Cn2c(=O)c3ccccc3n3c(=S)sc(-c4ccccc4)c23)c1. The highest BCUT2D eigenvalue weighted by Gasteiger charge is 2.19. The average Bonchev–Trinajstić information content (AvgIpc) is 3.14. The van der Waals surface area contributed by atoms with Gasteiger partial charge in [-0.05, 0) is 54.5 Å². The lowest BCUT2D eigenvalue weighted by atomic mass is 10.2. The molecule has 0 spiro atoms. The molecule has 0 saturated carbocycles. The van der Waals surface area contributed by atoms with Gasteiger partial charge in [-0.2, -0.15) is 0 Å². The summed E-state index contributed by atoms with van der Waals surface area (Å²) in [7, 11) is 0. The van der Waals surface area contributed by atoms with E-state index in [1.807, 2.05) is 84.1 Å². The third kappa shape index (κ3) is 3.55. The summed E-state index contributed by atoms with van der Waals surface area (Å²) in [5, 5.41) is 3.43. The molecule has 0 aliphatic carbocycles. The van der Waals surface area contributed by atoms with Crippen molar-refractivity contribution in [3.05, 3.63) is 98.7 Å². The number of carbonyl (C=O) groups excluding carboxylic acids is 1. The van der Waals surface area contributed by atoms with Gasteiger partial charge in [-0.25, -0.2) is 0 Å². The maximum absolute atomic E-state index is 13.5. The topological polar surface area (TPSA) is 55.5 Å². The Labute approximate surface area is 193 Å². The van der Waals surface area contributed by atoms with Crippen LogP contribution >= 0.6 is 23.6 Å². The predicted octanol–water partition coefficient (Wildman–Crippen LogP) is 5.66. The Morgan fingerprint density at radius 1 is 1.00 bits per heavy atom. The monoisotopic (exact) mass is 457 g/mol. The number of nitrogens with one attached hydrogen (secondary N) is 1. The van der Waals surface area contributed by atoms with Crippen molar-refractivity contribution in [2.24, 2.45) is 0 Å². The van der Waals surface area contributed by atoms with E-state index in [1.54, 1.807) is 6.07 Å². The number of hydrogen-bond acceptors (Lipinski definition) is 4. The van der Waals surface area contributed by atoms with Crippen molar-refractivity contribution >= 4 is 51.7 Å². The molecule has 7 heteroatoms. The van der Waals surface area contributed by atoms with Crippen LogP contribution in [0.4, 0.5) is 5.69 Å². The summed E-state index contributed by atoms with van der Waals surface area (Å²) >= 11 is 7.14. The molecule has 0 fully saturated rings. The molecule has 2 heterocycles. The van der Waals surface area contributed by atoms with Crippen LogP contribution in [-0.4, -0.2) is 14.9 Å². The molecule has 0 saturated heterocycles. The van der Waals surface area contributed by atoms with E-state index < -0.39 is 0 Å². The minimum Gasteiger partial charge on any atom is -0.325 e. The molecule has 3 aromatic carbocycles. The van der Waals surface area contributed by atoms with Gasteiger partial charge in [0.2, 0.25) is 5.91 Å². The number of carbonyl (C=O) groups is 1. The quantitative estimate of drug-likeness (QED) is 0.354. The minimum absolute atomic E-state index is 0.119. The van der Waals surface area contributed by atoms with Gasteiger partial charge in [0.25, 0.3) is 5.56 Å². The van der Waals surface area contributed by atoms with Gasteiger partial charge in [-0.1, -0.05) is 54.6 Å². The average molecular weight is 458 g/mol. The molecular formula is C25H19N3O2S2. The summed E-state index contributed by atoms with van der Waals surface area (Å²) in [6.45, 7) is 1.85. The Morgan fingerprint density at radius 2 is 1.75 bits per heavy atom. The number of aromatic nitrogens is 2. The normalized spacial score (nSPS) is 11.2. The highest BCUT2D eigenvalue weighted by molar-refractivity contribution is 7.73. The Balaban J connectivity index is 1.73. The summed E-state index contributed by atoms with van der Waals surface area (Å²) in [6.07, 6.45) is 0. The fraction of sp³-hybridized carbons (Fsp3) is 0.0800. The molecule has 32 heavy (non-hydrogen) atoms. The van der Waals surface area contributed by atoms with Gasteiger partial charge in [0.1, 0.15) is 12.2 Å². The lowest BCUT2D eigenvalue weighted by molar-refractivity contribution is -0.116. The van der Waals surface area contributed by atoms with E-state index in [9.17, 15) is 9.59 Å². The lowest BCUT2D eigenvalue weighted by Crippen LogP contribution is -2.29. The molecule has 1 amide bonds. The molecule has 0 atom stereocenters. The van der Waals surface area contributed by atoms with Crippen LogP contribution in [0.5, 0.6) is 0 Å². The van der Waals surface area contributed by atoms with Crippen LogP contribution < -0.4 is 10.9 Å². The minimum atomic E-state index is -0.272. The van der Waals surface area contributed by atoms with Gasteiger partial charge in [0, 0.05) is 5.69 Å². The fourth-order valence-electron chi connectivity index (χ4n) is 3.90. The van der Waals surface area contributed by atoms with Crippen LogP contribution in [0.2, 0.25) is 0 Å². The van der Waals surface area contributed by atoms with Crippen molar-refractivity contribution in [3.63, 3.8) is 0 Å². The highest BCUT2D eigenvalue weighted by Crippen LogP contribution is 2.33. The second kappa shape index (κ2) is 8.18. The summed E-state index contributed by atoms with van der Waals surface area (Å²) in [6, 6.07) is 24.7.